The fourth-order valence-electron chi connectivity index (χ4n) is 1.59. The monoisotopic (exact) mass is 273 g/mol. The number of nitrogens with zero attached hydrogens (tertiary/aromatic N) is 1. The van der Waals surface area contributed by atoms with E-state index in [0.717, 1.165) is 6.07 Å². The maximum atomic E-state index is 13.1. The molecule has 0 unspecified atom stereocenters. The Morgan fingerprint density at radius 1 is 1.44 bits per heavy atom. The molecule has 7 heteroatoms. The van der Waals surface area contributed by atoms with Crippen LogP contribution >= 0.6 is 11.6 Å². The van der Waals surface area contributed by atoms with Gasteiger partial charge in [0.1, 0.15) is 11.5 Å². The fraction of sp³-hybridized carbons (Fsp3) is 0.455. The summed E-state index contributed by atoms with van der Waals surface area (Å²) in [7, 11) is 0. The van der Waals surface area contributed by atoms with Crippen LogP contribution in [0.1, 0.15) is 12.8 Å². The Hall–Kier alpha value is -1.40. The predicted molar refractivity (Wildman–Crippen MR) is 67.6 cm³/mol. The highest BCUT2D eigenvalue weighted by Crippen LogP contribution is 2.30. The van der Waals surface area contributed by atoms with Crippen LogP contribution in [-0.4, -0.2) is 24.1 Å². The fourth-order valence-corrected chi connectivity index (χ4v) is 1.75. The lowest BCUT2D eigenvalue weighted by Crippen LogP contribution is -2.24. The lowest BCUT2D eigenvalue weighted by atomic mass is 10.2. The van der Waals surface area contributed by atoms with Crippen LogP contribution in [0, 0.1) is 15.9 Å². The van der Waals surface area contributed by atoms with Crippen LogP contribution in [0.25, 0.3) is 0 Å². The minimum atomic E-state index is -0.787. The minimum Gasteiger partial charge on any atom is -0.378 e. The first-order valence-corrected chi connectivity index (χ1v) is 6.06. The number of nitro benzene ring substituents is 1. The van der Waals surface area contributed by atoms with Crippen molar-refractivity contribution in [1.29, 1.82) is 0 Å². The van der Waals surface area contributed by atoms with Crippen molar-refractivity contribution in [2.24, 2.45) is 0 Å². The molecule has 0 amide bonds. The van der Waals surface area contributed by atoms with Gasteiger partial charge in [0, 0.05) is 19.1 Å². The van der Waals surface area contributed by atoms with E-state index >= 15 is 0 Å². The molecule has 0 bridgehead atoms. The Balaban J connectivity index is 1.99. The van der Waals surface area contributed by atoms with Crippen LogP contribution in [0.2, 0.25) is 5.02 Å². The van der Waals surface area contributed by atoms with Crippen molar-refractivity contribution < 1.29 is 9.31 Å². The molecule has 1 aliphatic carbocycles. The summed E-state index contributed by atoms with van der Waals surface area (Å²) < 4.78 is 13.1. The number of rotatable bonds is 6. The molecular formula is C11H13ClFN3O2. The Labute approximate surface area is 108 Å². The summed E-state index contributed by atoms with van der Waals surface area (Å²) in [5, 5.41) is 16.8. The highest BCUT2D eigenvalue weighted by atomic mass is 35.5. The van der Waals surface area contributed by atoms with Gasteiger partial charge in [-0.05, 0) is 18.9 Å². The van der Waals surface area contributed by atoms with Gasteiger partial charge in [-0.15, -0.1) is 0 Å². The van der Waals surface area contributed by atoms with E-state index in [4.69, 9.17) is 11.6 Å². The van der Waals surface area contributed by atoms with Crippen molar-refractivity contribution in [3.63, 3.8) is 0 Å². The summed E-state index contributed by atoms with van der Waals surface area (Å²) in [6.45, 7) is 1.23. The molecule has 0 heterocycles. The van der Waals surface area contributed by atoms with Crippen LogP contribution in [0.3, 0.4) is 0 Å². The molecule has 0 aliphatic heterocycles. The maximum Gasteiger partial charge on any atom is 0.295 e. The molecule has 1 fully saturated rings. The predicted octanol–water partition coefficient (Wildman–Crippen LogP) is 2.55. The molecule has 0 saturated heterocycles. The SMILES string of the molecule is O=[N+]([O-])c1cc(F)c(Cl)cc1NCCNC1CC1. The molecule has 0 radical (unpaired) electrons. The topological polar surface area (TPSA) is 67.2 Å². The number of nitrogens with one attached hydrogen (secondary N) is 2. The average molecular weight is 274 g/mol. The molecule has 98 valence electrons. The number of hydrogen-bond donors (Lipinski definition) is 2. The third-order valence-corrected chi connectivity index (χ3v) is 2.98. The van der Waals surface area contributed by atoms with E-state index in [9.17, 15) is 14.5 Å². The van der Waals surface area contributed by atoms with Crippen molar-refractivity contribution in [1.82, 2.24) is 5.32 Å². The molecule has 5 nitrogen and oxygen atoms in total. The van der Waals surface area contributed by atoms with Crippen molar-refractivity contribution in [3.05, 3.63) is 33.1 Å². The highest BCUT2D eigenvalue weighted by Gasteiger charge is 2.20. The summed E-state index contributed by atoms with van der Waals surface area (Å²) in [6, 6.07) is 2.66. The zero-order chi connectivity index (χ0) is 13.1. The number of hydrogen-bond acceptors (Lipinski definition) is 4. The first-order valence-electron chi connectivity index (χ1n) is 5.68. The molecule has 2 N–H and O–H groups in total. The zero-order valence-corrected chi connectivity index (χ0v) is 10.3. The molecule has 1 aliphatic rings. The standard InChI is InChI=1S/C11H13ClFN3O2/c12-8-5-10(11(16(17)18)6-9(8)13)15-4-3-14-7-1-2-7/h5-7,14-15H,1-4H2. The van der Waals surface area contributed by atoms with Gasteiger partial charge in [-0.2, -0.15) is 0 Å². The summed E-state index contributed by atoms with van der Waals surface area (Å²) in [5.41, 5.74) is -0.0627. The lowest BCUT2D eigenvalue weighted by molar-refractivity contribution is -0.384. The zero-order valence-electron chi connectivity index (χ0n) is 9.58. The third kappa shape index (κ3) is 3.30. The molecule has 0 aromatic heterocycles. The summed E-state index contributed by atoms with van der Waals surface area (Å²) in [5.74, 6) is -0.787. The van der Waals surface area contributed by atoms with Crippen molar-refractivity contribution >= 4 is 23.0 Å². The first-order chi connectivity index (χ1) is 8.58. The van der Waals surface area contributed by atoms with Gasteiger partial charge in [-0.3, -0.25) is 10.1 Å². The molecular weight excluding hydrogens is 261 g/mol. The van der Waals surface area contributed by atoms with E-state index in [1.165, 1.54) is 18.9 Å². The second-order valence-corrected chi connectivity index (χ2v) is 4.60. The van der Waals surface area contributed by atoms with Crippen LogP contribution in [0.15, 0.2) is 12.1 Å². The lowest BCUT2D eigenvalue weighted by Gasteiger charge is -2.08. The molecule has 0 atom stereocenters. The van der Waals surface area contributed by atoms with Crippen LogP contribution < -0.4 is 10.6 Å². The van der Waals surface area contributed by atoms with Gasteiger partial charge in [0.2, 0.25) is 0 Å². The van der Waals surface area contributed by atoms with E-state index in [1.807, 2.05) is 0 Å². The second kappa shape index (κ2) is 5.49. The number of halogens is 2. The van der Waals surface area contributed by atoms with Gasteiger partial charge >= 0.3 is 0 Å². The minimum absolute atomic E-state index is 0.127. The quantitative estimate of drug-likeness (QED) is 0.475. The van der Waals surface area contributed by atoms with E-state index in [1.54, 1.807) is 0 Å². The van der Waals surface area contributed by atoms with E-state index in [2.05, 4.69) is 10.6 Å². The summed E-state index contributed by atoms with van der Waals surface area (Å²) in [4.78, 5) is 10.1. The molecule has 18 heavy (non-hydrogen) atoms. The van der Waals surface area contributed by atoms with Gasteiger partial charge < -0.3 is 10.6 Å². The van der Waals surface area contributed by atoms with E-state index in [0.29, 0.717) is 19.1 Å². The summed E-state index contributed by atoms with van der Waals surface area (Å²) >= 11 is 5.61. The van der Waals surface area contributed by atoms with Gasteiger partial charge in [0.25, 0.3) is 5.69 Å². The average Bonchev–Trinajstić information content (AvgIpc) is 3.12. The van der Waals surface area contributed by atoms with Gasteiger partial charge in [-0.1, -0.05) is 11.6 Å². The highest BCUT2D eigenvalue weighted by molar-refractivity contribution is 6.31. The van der Waals surface area contributed by atoms with Crippen LogP contribution in [0.4, 0.5) is 15.8 Å². The molecule has 1 aromatic carbocycles. The molecule has 1 aromatic rings. The van der Waals surface area contributed by atoms with Crippen molar-refractivity contribution in [3.8, 4) is 0 Å². The van der Waals surface area contributed by atoms with Crippen LogP contribution in [0.5, 0.6) is 0 Å². The number of nitro groups is 1. The number of benzene rings is 1. The summed E-state index contributed by atoms with van der Waals surface area (Å²) in [6.07, 6.45) is 2.37. The van der Waals surface area contributed by atoms with Crippen molar-refractivity contribution in [2.75, 3.05) is 18.4 Å². The smallest absolute Gasteiger partial charge is 0.295 e. The second-order valence-electron chi connectivity index (χ2n) is 4.20. The Bertz CT molecular complexity index is 466. The largest absolute Gasteiger partial charge is 0.378 e. The van der Waals surface area contributed by atoms with Crippen molar-refractivity contribution in [2.45, 2.75) is 18.9 Å². The van der Waals surface area contributed by atoms with E-state index in [-0.39, 0.29) is 16.4 Å². The normalized spacial score (nSPS) is 14.6. The van der Waals surface area contributed by atoms with Gasteiger partial charge in [0.05, 0.1) is 16.0 Å². The Morgan fingerprint density at radius 3 is 2.78 bits per heavy atom. The number of anilines is 1. The molecule has 2 rings (SSSR count). The first kappa shape index (κ1) is 13.0. The van der Waals surface area contributed by atoms with Gasteiger partial charge in [0.15, 0.2) is 0 Å². The molecule has 1 saturated carbocycles. The van der Waals surface area contributed by atoms with Crippen LogP contribution in [-0.2, 0) is 0 Å². The van der Waals surface area contributed by atoms with Gasteiger partial charge in [-0.25, -0.2) is 4.39 Å². The maximum absolute atomic E-state index is 13.1. The third-order valence-electron chi connectivity index (χ3n) is 2.69. The molecule has 0 spiro atoms. The van der Waals surface area contributed by atoms with E-state index < -0.39 is 10.7 Å². The Morgan fingerprint density at radius 2 is 2.17 bits per heavy atom. The Kier molecular flexibility index (Phi) is 3.98.